The number of allylic oxidation sites excluding steroid dienone is 1. The maximum absolute atomic E-state index is 14.7. The minimum absolute atomic E-state index is 0.118. The lowest BCUT2D eigenvalue weighted by atomic mass is 9.87. The lowest BCUT2D eigenvalue weighted by Gasteiger charge is -2.37. The molecule has 13 heteroatoms. The molecule has 12 nitrogen and oxygen atoms in total. The molecule has 4 heterocycles. The lowest BCUT2D eigenvalue weighted by Crippen LogP contribution is -2.58. The first-order chi connectivity index (χ1) is 25.6. The molecular weight excluding hydrogens is 707 g/mol. The number of nitrogens with zero attached hydrogens (tertiary/aromatic N) is 2. The number of alkyl carbamates (subject to hydrolysis) is 1. The van der Waals surface area contributed by atoms with Crippen LogP contribution in [-0.4, -0.2) is 78.4 Å². The second-order valence-electron chi connectivity index (χ2n) is 17.4. The van der Waals surface area contributed by atoms with Gasteiger partial charge in [-0.2, -0.15) is 4.72 Å². The largest absolute Gasteiger partial charge is 0.593 e. The quantitative estimate of drug-likeness (QED) is 0.270. The van der Waals surface area contributed by atoms with E-state index < -0.39 is 68.7 Å². The zero-order valence-corrected chi connectivity index (χ0v) is 33.3. The van der Waals surface area contributed by atoms with Gasteiger partial charge in [-0.05, 0) is 97.3 Å². The summed E-state index contributed by atoms with van der Waals surface area (Å²) in [5.74, 6) is -0.935. The Morgan fingerprint density at radius 2 is 1.93 bits per heavy atom. The van der Waals surface area contributed by atoms with Crippen LogP contribution in [0.5, 0.6) is 5.75 Å². The molecule has 3 aliphatic heterocycles. The third-order valence-corrected chi connectivity index (χ3v) is 13.6. The van der Waals surface area contributed by atoms with E-state index in [-0.39, 0.29) is 18.9 Å². The number of hydrogen-bond donors (Lipinski definition) is 3. The maximum atomic E-state index is 14.7. The molecule has 1 saturated heterocycles. The van der Waals surface area contributed by atoms with E-state index in [0.717, 1.165) is 60.7 Å². The van der Waals surface area contributed by atoms with Gasteiger partial charge in [0.15, 0.2) is 0 Å². The average Bonchev–Trinajstić information content (AvgIpc) is 4.00. The molecule has 54 heavy (non-hydrogen) atoms. The van der Waals surface area contributed by atoms with Crippen molar-refractivity contribution in [1.82, 2.24) is 25.2 Å². The number of carbonyl (C=O) groups is 4. The molecule has 3 fully saturated rings. The van der Waals surface area contributed by atoms with Gasteiger partial charge in [-0.3, -0.25) is 14.4 Å². The number of hydrogen-bond acceptors (Lipinski definition) is 8. The van der Waals surface area contributed by atoms with Gasteiger partial charge in [0.1, 0.15) is 39.3 Å². The standard InChI is InChI=1S/C41H55N5O7S/c1-7-26-15-16-30-29(21-26)28-17-18-40(52-33(28)25(2)42-30)23-32-34(47)44-41(36(49)45-54(51)39(6)19-20-39)22-27(41)13-11-9-8-10-12-14-31(35(48)46(32)24-40)43-37(50)53-38(3,4)5/h11,13,15-16,21,27,31-32H,7-10,12,14,17-20,22-24H2,1-6H3,(H,43,50)(H,44,47)(H,45,49)/b13-11-/t27-,31+,32+,40-,41-,54-/m1/s1. The van der Waals surface area contributed by atoms with E-state index in [1.54, 1.807) is 25.7 Å². The van der Waals surface area contributed by atoms with Gasteiger partial charge in [-0.15, -0.1) is 0 Å². The van der Waals surface area contributed by atoms with Gasteiger partial charge in [-0.25, -0.2) is 9.78 Å². The number of aryl methyl sites for hydroxylation is 3. The van der Waals surface area contributed by atoms with Crippen LogP contribution < -0.4 is 20.1 Å². The van der Waals surface area contributed by atoms with Gasteiger partial charge in [0, 0.05) is 36.1 Å². The minimum atomic E-state index is -1.59. The first-order valence-corrected chi connectivity index (χ1v) is 20.8. The summed E-state index contributed by atoms with van der Waals surface area (Å²) in [6, 6.07) is 4.39. The Labute approximate surface area is 321 Å². The van der Waals surface area contributed by atoms with Gasteiger partial charge in [-0.1, -0.05) is 38.0 Å². The zero-order chi connectivity index (χ0) is 38.6. The van der Waals surface area contributed by atoms with Crippen LogP contribution in [0.1, 0.15) is 116 Å². The predicted molar refractivity (Wildman–Crippen MR) is 206 cm³/mol. The molecule has 1 spiro atoms. The molecule has 0 bridgehead atoms. The summed E-state index contributed by atoms with van der Waals surface area (Å²) in [5.41, 5.74) is 0.955. The third-order valence-electron chi connectivity index (χ3n) is 11.9. The molecule has 1 aromatic heterocycles. The SMILES string of the molecule is CCc1ccc2nc(C)c3c(c2c1)CC[C@]1(C[C@H]2C(=O)N[C@]4(C(=O)N[S@+]([O-])C5(C)CC5)C[C@H]4/C=C\CCCCC[C@H](NC(=O)OC(C)(C)C)C(=O)N2C1)O3. The fourth-order valence-electron chi connectivity index (χ4n) is 8.29. The number of rotatable bonds is 5. The van der Waals surface area contributed by atoms with Crippen molar-refractivity contribution in [3.63, 3.8) is 0 Å². The fraction of sp³-hybridized carbons (Fsp3) is 0.634. The molecule has 0 radical (unpaired) electrons. The van der Waals surface area contributed by atoms with Crippen LogP contribution in [0.15, 0.2) is 30.4 Å². The van der Waals surface area contributed by atoms with Crippen molar-refractivity contribution < 1.29 is 33.2 Å². The molecule has 2 saturated carbocycles. The second-order valence-corrected chi connectivity index (χ2v) is 19.1. The smallest absolute Gasteiger partial charge is 0.408 e. The summed E-state index contributed by atoms with van der Waals surface area (Å²) in [6.07, 6.45) is 11.0. The van der Waals surface area contributed by atoms with E-state index in [2.05, 4.69) is 34.4 Å². The van der Waals surface area contributed by atoms with Gasteiger partial charge in [0.2, 0.25) is 11.8 Å². The first kappa shape index (κ1) is 38.4. The van der Waals surface area contributed by atoms with Crippen LogP contribution in [0.25, 0.3) is 10.9 Å². The third kappa shape index (κ3) is 7.67. The van der Waals surface area contributed by atoms with Crippen LogP contribution in [0, 0.1) is 12.8 Å². The highest BCUT2D eigenvalue weighted by atomic mass is 32.2. The highest BCUT2D eigenvalue weighted by molar-refractivity contribution is 7.91. The molecule has 5 aliphatic rings. The molecule has 1 aromatic carbocycles. The molecule has 4 amide bonds. The molecule has 2 aliphatic carbocycles. The van der Waals surface area contributed by atoms with E-state index in [0.29, 0.717) is 37.9 Å². The Hall–Kier alpha value is -3.84. The number of amides is 4. The topological polar surface area (TPSA) is 162 Å². The highest BCUT2D eigenvalue weighted by Crippen LogP contribution is 2.49. The molecule has 0 unspecified atom stereocenters. The van der Waals surface area contributed by atoms with E-state index in [1.165, 1.54) is 5.56 Å². The molecular formula is C41H55N5O7S. The van der Waals surface area contributed by atoms with Crippen molar-refractivity contribution in [3.05, 3.63) is 47.2 Å². The number of aromatic nitrogens is 1. The number of ether oxygens (including phenoxy) is 2. The second kappa shape index (κ2) is 14.3. The average molecular weight is 762 g/mol. The van der Waals surface area contributed by atoms with Crippen LogP contribution in [0.3, 0.4) is 0 Å². The van der Waals surface area contributed by atoms with Gasteiger partial charge in [0.25, 0.3) is 5.91 Å². The predicted octanol–water partition coefficient (Wildman–Crippen LogP) is 5.39. The molecule has 7 rings (SSSR count). The molecule has 6 atom stereocenters. The number of benzene rings is 1. The Balaban J connectivity index is 1.23. The highest BCUT2D eigenvalue weighted by Gasteiger charge is 2.64. The van der Waals surface area contributed by atoms with Crippen LogP contribution in [-0.2, 0) is 43.3 Å². The van der Waals surface area contributed by atoms with Gasteiger partial charge in [0.05, 0.1) is 29.1 Å². The molecule has 3 N–H and O–H groups in total. The van der Waals surface area contributed by atoms with E-state index in [9.17, 15) is 23.7 Å². The van der Waals surface area contributed by atoms with Crippen molar-refractivity contribution in [3.8, 4) is 5.75 Å². The number of nitrogens with one attached hydrogen (secondary N) is 3. The monoisotopic (exact) mass is 761 g/mol. The first-order valence-electron chi connectivity index (χ1n) is 19.7. The van der Waals surface area contributed by atoms with Crippen molar-refractivity contribution in [1.29, 1.82) is 0 Å². The van der Waals surface area contributed by atoms with E-state index in [1.807, 2.05) is 32.1 Å². The molecule has 2 aromatic rings. The summed E-state index contributed by atoms with van der Waals surface area (Å²) in [5, 5.41) is 6.95. The maximum Gasteiger partial charge on any atom is 0.408 e. The van der Waals surface area contributed by atoms with Crippen LogP contribution >= 0.6 is 0 Å². The van der Waals surface area contributed by atoms with Gasteiger partial charge < -0.3 is 29.6 Å². The Morgan fingerprint density at radius 1 is 1.15 bits per heavy atom. The number of fused-ring (bicyclic) bond motifs is 5. The summed E-state index contributed by atoms with van der Waals surface area (Å²) in [4.78, 5) is 62.9. The number of carbonyl (C=O) groups excluding carboxylic acids is 4. The summed E-state index contributed by atoms with van der Waals surface area (Å²) >= 11 is -1.59. The van der Waals surface area contributed by atoms with E-state index in [4.69, 9.17) is 14.5 Å². The summed E-state index contributed by atoms with van der Waals surface area (Å²) < 4.78 is 27.9. The Morgan fingerprint density at radius 3 is 2.65 bits per heavy atom. The molecule has 292 valence electrons. The number of pyridine rings is 1. The zero-order valence-electron chi connectivity index (χ0n) is 32.5. The summed E-state index contributed by atoms with van der Waals surface area (Å²) in [7, 11) is 0. The van der Waals surface area contributed by atoms with Crippen molar-refractivity contribution >= 4 is 46.1 Å². The normalized spacial score (nSPS) is 30.4. The van der Waals surface area contributed by atoms with Crippen molar-refractivity contribution in [2.45, 2.75) is 152 Å². The summed E-state index contributed by atoms with van der Waals surface area (Å²) in [6.45, 7) is 11.3. The van der Waals surface area contributed by atoms with Crippen LogP contribution in [0.4, 0.5) is 4.79 Å². The van der Waals surface area contributed by atoms with Crippen molar-refractivity contribution in [2.75, 3.05) is 6.54 Å². The van der Waals surface area contributed by atoms with E-state index >= 15 is 0 Å². The van der Waals surface area contributed by atoms with Crippen molar-refractivity contribution in [2.24, 2.45) is 5.92 Å². The minimum Gasteiger partial charge on any atom is -0.593 e. The van der Waals surface area contributed by atoms with Crippen LogP contribution in [0.2, 0.25) is 0 Å². The fourth-order valence-corrected chi connectivity index (χ4v) is 9.36. The Kier molecular flexibility index (Phi) is 10.2. The lowest BCUT2D eigenvalue weighted by molar-refractivity contribution is -0.141. The Bertz CT molecular complexity index is 1870. The van der Waals surface area contributed by atoms with Gasteiger partial charge >= 0.3 is 6.09 Å².